The highest BCUT2D eigenvalue weighted by Gasteiger charge is 2.23. The molecule has 0 bridgehead atoms. The van der Waals surface area contributed by atoms with Crippen LogP contribution >= 0.6 is 0 Å². The SMILES string of the molecule is O=C(O)Cc1ccc(N2CCN(C(=O)Oc3ccc4cccnc4c3)CC2)nc1. The molecule has 3 heterocycles. The largest absolute Gasteiger partial charge is 0.481 e. The van der Waals surface area contributed by atoms with Gasteiger partial charge in [-0.2, -0.15) is 0 Å². The summed E-state index contributed by atoms with van der Waals surface area (Å²) in [5.41, 5.74) is 1.44. The number of carboxylic acids is 1. The Labute approximate surface area is 167 Å². The van der Waals surface area contributed by atoms with E-state index in [9.17, 15) is 9.59 Å². The highest BCUT2D eigenvalue weighted by molar-refractivity contribution is 5.81. The summed E-state index contributed by atoms with van der Waals surface area (Å²) in [5.74, 6) is 0.362. The Morgan fingerprint density at radius 2 is 1.86 bits per heavy atom. The van der Waals surface area contributed by atoms with E-state index >= 15 is 0 Å². The van der Waals surface area contributed by atoms with Crippen LogP contribution in [0.4, 0.5) is 10.6 Å². The third-order valence-electron chi connectivity index (χ3n) is 4.81. The number of hydrogen-bond donors (Lipinski definition) is 1. The van der Waals surface area contributed by atoms with E-state index in [1.807, 2.05) is 24.3 Å². The van der Waals surface area contributed by atoms with E-state index in [1.54, 1.807) is 35.5 Å². The van der Waals surface area contributed by atoms with Gasteiger partial charge in [-0.25, -0.2) is 9.78 Å². The zero-order valence-electron chi connectivity index (χ0n) is 15.7. The highest BCUT2D eigenvalue weighted by Crippen LogP contribution is 2.20. The smallest absolute Gasteiger partial charge is 0.415 e. The minimum Gasteiger partial charge on any atom is -0.481 e. The molecule has 1 fully saturated rings. The van der Waals surface area contributed by atoms with Crippen LogP contribution in [0.15, 0.2) is 54.9 Å². The van der Waals surface area contributed by atoms with Gasteiger partial charge in [-0.05, 0) is 29.8 Å². The summed E-state index contributed by atoms with van der Waals surface area (Å²) in [6.07, 6.45) is 2.86. The van der Waals surface area contributed by atoms with Crippen LogP contribution in [-0.4, -0.2) is 58.2 Å². The number of carbonyl (C=O) groups excluding carboxylic acids is 1. The lowest BCUT2D eigenvalue weighted by molar-refractivity contribution is -0.136. The molecule has 1 saturated heterocycles. The minimum atomic E-state index is -0.881. The number of benzene rings is 1. The molecule has 0 radical (unpaired) electrons. The molecule has 0 aliphatic carbocycles. The number of fused-ring (bicyclic) bond motifs is 1. The van der Waals surface area contributed by atoms with Crippen molar-refractivity contribution in [2.45, 2.75) is 6.42 Å². The van der Waals surface area contributed by atoms with Crippen molar-refractivity contribution in [2.24, 2.45) is 0 Å². The van der Waals surface area contributed by atoms with Crippen LogP contribution in [0.5, 0.6) is 5.75 Å². The molecule has 1 N–H and O–H groups in total. The molecule has 1 aromatic carbocycles. The van der Waals surface area contributed by atoms with Gasteiger partial charge in [-0.15, -0.1) is 0 Å². The van der Waals surface area contributed by atoms with Crippen LogP contribution in [0, 0.1) is 0 Å². The molecule has 0 spiro atoms. The second-order valence-corrected chi connectivity index (χ2v) is 6.80. The van der Waals surface area contributed by atoms with Crippen molar-refractivity contribution in [3.8, 4) is 5.75 Å². The number of aliphatic carboxylic acids is 1. The summed E-state index contributed by atoms with van der Waals surface area (Å²) < 4.78 is 5.51. The third-order valence-corrected chi connectivity index (χ3v) is 4.81. The number of piperazine rings is 1. The zero-order chi connectivity index (χ0) is 20.2. The average Bonchev–Trinajstić information content (AvgIpc) is 2.74. The summed E-state index contributed by atoms with van der Waals surface area (Å²) in [5, 5.41) is 9.82. The van der Waals surface area contributed by atoms with E-state index in [1.165, 1.54) is 0 Å². The van der Waals surface area contributed by atoms with Gasteiger partial charge in [0, 0.05) is 50.0 Å². The van der Waals surface area contributed by atoms with Crippen molar-refractivity contribution >= 4 is 28.8 Å². The Kier molecular flexibility index (Phi) is 5.24. The first-order valence-electron chi connectivity index (χ1n) is 9.32. The highest BCUT2D eigenvalue weighted by atomic mass is 16.6. The zero-order valence-corrected chi connectivity index (χ0v) is 15.7. The first-order valence-corrected chi connectivity index (χ1v) is 9.32. The summed E-state index contributed by atoms with van der Waals surface area (Å²) in [4.78, 5) is 35.6. The molecule has 148 valence electrons. The van der Waals surface area contributed by atoms with Gasteiger partial charge in [0.25, 0.3) is 0 Å². The maximum absolute atomic E-state index is 12.5. The molecule has 0 atom stereocenters. The lowest BCUT2D eigenvalue weighted by atomic mass is 10.2. The normalized spacial score (nSPS) is 14.1. The van der Waals surface area contributed by atoms with Crippen molar-refractivity contribution < 1.29 is 19.4 Å². The minimum absolute atomic E-state index is 0.0445. The van der Waals surface area contributed by atoms with Crippen LogP contribution in [0.2, 0.25) is 0 Å². The van der Waals surface area contributed by atoms with Crippen LogP contribution < -0.4 is 9.64 Å². The average molecular weight is 392 g/mol. The van der Waals surface area contributed by atoms with Gasteiger partial charge in [-0.1, -0.05) is 12.1 Å². The van der Waals surface area contributed by atoms with Gasteiger partial charge >= 0.3 is 12.1 Å². The maximum Gasteiger partial charge on any atom is 0.415 e. The Morgan fingerprint density at radius 3 is 2.59 bits per heavy atom. The third kappa shape index (κ3) is 4.43. The van der Waals surface area contributed by atoms with Crippen LogP contribution in [-0.2, 0) is 11.2 Å². The number of carboxylic acid groups (broad SMARTS) is 1. The number of aromatic nitrogens is 2. The molecule has 0 saturated carbocycles. The van der Waals surface area contributed by atoms with Crippen molar-refractivity contribution in [1.29, 1.82) is 0 Å². The predicted molar refractivity (Wildman–Crippen MR) is 107 cm³/mol. The van der Waals surface area contributed by atoms with Gasteiger partial charge in [0.1, 0.15) is 11.6 Å². The first kappa shape index (κ1) is 18.7. The molecule has 1 aliphatic rings. The summed E-state index contributed by atoms with van der Waals surface area (Å²) in [6, 6.07) is 12.8. The fourth-order valence-electron chi connectivity index (χ4n) is 3.28. The van der Waals surface area contributed by atoms with Gasteiger partial charge in [0.15, 0.2) is 0 Å². The van der Waals surface area contributed by atoms with Crippen LogP contribution in [0.3, 0.4) is 0 Å². The number of anilines is 1. The second kappa shape index (κ2) is 8.14. The van der Waals surface area contributed by atoms with E-state index in [2.05, 4.69) is 14.9 Å². The Bertz CT molecular complexity index is 1030. The van der Waals surface area contributed by atoms with Gasteiger partial charge in [-0.3, -0.25) is 9.78 Å². The lowest BCUT2D eigenvalue weighted by Crippen LogP contribution is -2.49. The molecule has 8 nitrogen and oxygen atoms in total. The standard InChI is InChI=1S/C21H20N4O4/c26-20(27)12-15-3-6-19(23-14-15)24-8-10-25(11-9-24)21(28)29-17-5-4-16-2-1-7-22-18(16)13-17/h1-7,13-14H,8-12H2,(H,26,27). The fraction of sp³-hybridized carbons (Fsp3) is 0.238. The number of rotatable bonds is 4. The predicted octanol–water partition coefficient (Wildman–Crippen LogP) is 2.58. The summed E-state index contributed by atoms with van der Waals surface area (Å²) in [6.45, 7) is 2.28. The molecule has 29 heavy (non-hydrogen) atoms. The van der Waals surface area contributed by atoms with E-state index < -0.39 is 5.97 Å². The van der Waals surface area contributed by atoms with Crippen molar-refractivity contribution in [2.75, 3.05) is 31.1 Å². The van der Waals surface area contributed by atoms with Crippen LogP contribution in [0.25, 0.3) is 10.9 Å². The van der Waals surface area contributed by atoms with Gasteiger partial charge in [0.2, 0.25) is 0 Å². The Hall–Kier alpha value is -3.68. The fourth-order valence-corrected chi connectivity index (χ4v) is 3.28. The van der Waals surface area contributed by atoms with Crippen molar-refractivity contribution in [3.63, 3.8) is 0 Å². The van der Waals surface area contributed by atoms with E-state index in [0.717, 1.165) is 16.7 Å². The van der Waals surface area contributed by atoms with E-state index in [0.29, 0.717) is 37.5 Å². The van der Waals surface area contributed by atoms with Gasteiger partial charge < -0.3 is 19.6 Å². The Morgan fingerprint density at radius 1 is 1.03 bits per heavy atom. The van der Waals surface area contributed by atoms with E-state index in [-0.39, 0.29) is 12.5 Å². The number of pyridine rings is 2. The molecule has 0 unspecified atom stereocenters. The molecular formula is C21H20N4O4. The monoisotopic (exact) mass is 392 g/mol. The number of amides is 1. The first-order chi connectivity index (χ1) is 14.1. The molecule has 8 heteroatoms. The number of carbonyl (C=O) groups is 2. The number of ether oxygens (including phenoxy) is 1. The lowest BCUT2D eigenvalue weighted by Gasteiger charge is -2.34. The molecular weight excluding hydrogens is 372 g/mol. The second-order valence-electron chi connectivity index (χ2n) is 6.80. The molecule has 1 amide bonds. The number of hydrogen-bond acceptors (Lipinski definition) is 6. The topological polar surface area (TPSA) is 95.9 Å². The summed E-state index contributed by atoms with van der Waals surface area (Å²) >= 11 is 0. The molecule has 3 aromatic rings. The number of nitrogens with zero attached hydrogens (tertiary/aromatic N) is 4. The maximum atomic E-state index is 12.5. The molecule has 1 aliphatic heterocycles. The van der Waals surface area contributed by atoms with Crippen LogP contribution in [0.1, 0.15) is 5.56 Å². The molecule has 2 aromatic heterocycles. The molecule has 4 rings (SSSR count). The van der Waals surface area contributed by atoms with Crippen molar-refractivity contribution in [3.05, 3.63) is 60.4 Å². The van der Waals surface area contributed by atoms with E-state index in [4.69, 9.17) is 9.84 Å². The Balaban J connectivity index is 1.33. The van der Waals surface area contributed by atoms with Crippen molar-refractivity contribution in [1.82, 2.24) is 14.9 Å². The quantitative estimate of drug-likeness (QED) is 0.729. The van der Waals surface area contributed by atoms with Gasteiger partial charge in [0.05, 0.1) is 11.9 Å². The summed E-state index contributed by atoms with van der Waals surface area (Å²) in [7, 11) is 0.